The number of fused-ring (bicyclic) bond motifs is 1. The number of rotatable bonds is 5. The largest absolute Gasteiger partial charge is 0.497 e. The quantitative estimate of drug-likeness (QED) is 0.369. The van der Waals surface area contributed by atoms with Crippen molar-refractivity contribution in [2.24, 2.45) is 5.73 Å². The molecule has 1 unspecified atom stereocenters. The molecule has 3 aromatic carbocycles. The summed E-state index contributed by atoms with van der Waals surface area (Å²) in [6, 6.07) is 17.2. The van der Waals surface area contributed by atoms with E-state index in [4.69, 9.17) is 47.9 Å². The highest BCUT2D eigenvalue weighted by Gasteiger charge is 2.31. The van der Waals surface area contributed by atoms with Gasteiger partial charge in [0, 0.05) is 11.6 Å². The van der Waals surface area contributed by atoms with Crippen LogP contribution in [0.5, 0.6) is 23.0 Å². The molecule has 0 spiro atoms. The number of benzene rings is 3. The molecular formula is C25H18Cl2N2O5. The van der Waals surface area contributed by atoms with Crippen LogP contribution in [0.25, 0.3) is 0 Å². The molecule has 0 bridgehead atoms. The molecule has 1 heterocycles. The summed E-state index contributed by atoms with van der Waals surface area (Å²) in [5, 5.41) is 10.1. The normalized spacial score (nSPS) is 14.5. The van der Waals surface area contributed by atoms with Gasteiger partial charge in [0.25, 0.3) is 0 Å². The fourth-order valence-electron chi connectivity index (χ4n) is 3.70. The van der Waals surface area contributed by atoms with Gasteiger partial charge < -0.3 is 24.7 Å². The second-order valence-electron chi connectivity index (χ2n) is 7.26. The number of nitriles is 1. The van der Waals surface area contributed by atoms with E-state index in [2.05, 4.69) is 6.07 Å². The van der Waals surface area contributed by atoms with Crippen molar-refractivity contribution < 1.29 is 23.7 Å². The number of allylic oxidation sites excluding steroid dienone is 1. The maximum absolute atomic E-state index is 12.7. The summed E-state index contributed by atoms with van der Waals surface area (Å²) in [7, 11) is 2.99. The zero-order valence-electron chi connectivity index (χ0n) is 18.1. The van der Waals surface area contributed by atoms with Gasteiger partial charge in [0.1, 0.15) is 28.9 Å². The Morgan fingerprint density at radius 3 is 2.41 bits per heavy atom. The van der Waals surface area contributed by atoms with Crippen LogP contribution in [0.1, 0.15) is 27.4 Å². The average molecular weight is 497 g/mol. The number of esters is 1. The fraction of sp³-hybridized carbons (Fsp3) is 0.120. The monoisotopic (exact) mass is 496 g/mol. The summed E-state index contributed by atoms with van der Waals surface area (Å²) in [4.78, 5) is 12.7. The summed E-state index contributed by atoms with van der Waals surface area (Å²) in [5.41, 5.74) is 7.97. The first-order chi connectivity index (χ1) is 16.4. The van der Waals surface area contributed by atoms with Gasteiger partial charge in [-0.2, -0.15) is 5.26 Å². The number of methoxy groups -OCH3 is 2. The first kappa shape index (κ1) is 23.3. The number of carbonyl (C=O) groups excluding carboxylic acids is 1. The number of ether oxygens (including phenoxy) is 4. The summed E-state index contributed by atoms with van der Waals surface area (Å²) in [6.07, 6.45) is 0. The lowest BCUT2D eigenvalue weighted by Gasteiger charge is -2.27. The van der Waals surface area contributed by atoms with Crippen molar-refractivity contribution in [2.75, 3.05) is 14.2 Å². The number of nitrogens with zero attached hydrogens (tertiary/aromatic N) is 1. The predicted octanol–water partition coefficient (Wildman–Crippen LogP) is 5.45. The van der Waals surface area contributed by atoms with Gasteiger partial charge in [-0.25, -0.2) is 4.79 Å². The molecule has 0 radical (unpaired) electrons. The minimum absolute atomic E-state index is 0.0278. The van der Waals surface area contributed by atoms with E-state index in [1.807, 2.05) is 24.3 Å². The van der Waals surface area contributed by atoms with E-state index in [1.165, 1.54) is 25.3 Å². The smallest absolute Gasteiger partial charge is 0.343 e. The Labute approximate surface area is 205 Å². The lowest BCUT2D eigenvalue weighted by atomic mass is 9.83. The third-order valence-electron chi connectivity index (χ3n) is 5.27. The standard InChI is InChI=1S/C25H18Cl2N2O5/c1-31-15-5-3-4-13(8-15)22-17-7-6-16(11-21(17)34-24(29)18(22)12-28)33-25(30)14-9-19(26)23(32-2)20(27)10-14/h3-11,22H,29H2,1-2H3. The van der Waals surface area contributed by atoms with Crippen LogP contribution in [0, 0.1) is 11.3 Å². The molecule has 7 nitrogen and oxygen atoms in total. The molecule has 2 N–H and O–H groups in total. The Morgan fingerprint density at radius 2 is 1.76 bits per heavy atom. The molecule has 1 aliphatic heterocycles. The Bertz CT molecular complexity index is 1340. The van der Waals surface area contributed by atoms with E-state index in [-0.39, 0.29) is 38.6 Å². The Balaban J connectivity index is 1.68. The van der Waals surface area contributed by atoms with E-state index in [0.29, 0.717) is 17.1 Å². The summed E-state index contributed by atoms with van der Waals surface area (Å²) < 4.78 is 21.6. The zero-order valence-corrected chi connectivity index (χ0v) is 19.6. The van der Waals surface area contributed by atoms with Crippen molar-refractivity contribution in [1.82, 2.24) is 0 Å². The van der Waals surface area contributed by atoms with Crippen molar-refractivity contribution in [1.29, 1.82) is 5.26 Å². The fourth-order valence-corrected chi connectivity index (χ4v) is 4.34. The lowest BCUT2D eigenvalue weighted by molar-refractivity contribution is 0.0734. The molecular weight excluding hydrogens is 479 g/mol. The molecule has 0 saturated heterocycles. The van der Waals surface area contributed by atoms with Crippen LogP contribution in [-0.2, 0) is 0 Å². The molecule has 172 valence electrons. The Kier molecular flexibility index (Phi) is 6.55. The van der Waals surface area contributed by atoms with Crippen molar-refractivity contribution in [3.05, 3.63) is 92.8 Å². The second kappa shape index (κ2) is 9.56. The Hall–Kier alpha value is -3.86. The van der Waals surface area contributed by atoms with Crippen LogP contribution in [0.2, 0.25) is 10.0 Å². The number of carbonyl (C=O) groups is 1. The van der Waals surface area contributed by atoms with Gasteiger partial charge in [0.15, 0.2) is 5.75 Å². The van der Waals surface area contributed by atoms with Crippen LogP contribution >= 0.6 is 23.2 Å². The maximum atomic E-state index is 12.7. The van der Waals surface area contributed by atoms with E-state index in [9.17, 15) is 10.1 Å². The first-order valence-corrected chi connectivity index (χ1v) is 10.7. The molecule has 9 heteroatoms. The highest BCUT2D eigenvalue weighted by molar-refractivity contribution is 6.37. The van der Waals surface area contributed by atoms with Gasteiger partial charge >= 0.3 is 5.97 Å². The molecule has 34 heavy (non-hydrogen) atoms. The molecule has 0 fully saturated rings. The lowest BCUT2D eigenvalue weighted by Crippen LogP contribution is -2.21. The van der Waals surface area contributed by atoms with Crippen LogP contribution in [0.3, 0.4) is 0 Å². The molecule has 0 aromatic heterocycles. The summed E-state index contributed by atoms with van der Waals surface area (Å²) in [5.74, 6) is 0.301. The SMILES string of the molecule is COc1cccc(C2C(C#N)=C(N)Oc3cc(OC(=O)c4cc(Cl)c(OC)c(Cl)c4)ccc32)c1. The van der Waals surface area contributed by atoms with Crippen molar-refractivity contribution in [2.45, 2.75) is 5.92 Å². The van der Waals surface area contributed by atoms with Gasteiger partial charge in [0.2, 0.25) is 5.88 Å². The van der Waals surface area contributed by atoms with Crippen molar-refractivity contribution in [3.63, 3.8) is 0 Å². The number of hydrogen-bond donors (Lipinski definition) is 1. The van der Waals surface area contributed by atoms with E-state index in [1.54, 1.807) is 19.2 Å². The van der Waals surface area contributed by atoms with Crippen LogP contribution in [0.15, 0.2) is 66.1 Å². The molecule has 0 aliphatic carbocycles. The minimum Gasteiger partial charge on any atom is -0.497 e. The van der Waals surface area contributed by atoms with E-state index in [0.717, 1.165) is 5.56 Å². The van der Waals surface area contributed by atoms with E-state index < -0.39 is 11.9 Å². The van der Waals surface area contributed by atoms with Crippen molar-refractivity contribution in [3.8, 4) is 29.1 Å². The minimum atomic E-state index is -0.673. The van der Waals surface area contributed by atoms with Crippen LogP contribution in [-0.4, -0.2) is 20.2 Å². The first-order valence-electron chi connectivity index (χ1n) is 9.97. The molecule has 0 amide bonds. The summed E-state index contributed by atoms with van der Waals surface area (Å²) >= 11 is 12.2. The topological polar surface area (TPSA) is 104 Å². The molecule has 0 saturated carbocycles. The van der Waals surface area contributed by atoms with Gasteiger partial charge in [-0.1, -0.05) is 41.4 Å². The van der Waals surface area contributed by atoms with Crippen LogP contribution in [0.4, 0.5) is 0 Å². The van der Waals surface area contributed by atoms with Gasteiger partial charge in [0.05, 0.1) is 35.7 Å². The zero-order chi connectivity index (χ0) is 24.4. The highest BCUT2D eigenvalue weighted by Crippen LogP contribution is 2.44. The van der Waals surface area contributed by atoms with Gasteiger partial charge in [-0.05, 0) is 35.9 Å². The molecule has 4 rings (SSSR count). The van der Waals surface area contributed by atoms with Gasteiger partial charge in [-0.15, -0.1) is 0 Å². The molecule has 3 aromatic rings. The van der Waals surface area contributed by atoms with E-state index >= 15 is 0 Å². The maximum Gasteiger partial charge on any atom is 0.343 e. The average Bonchev–Trinajstić information content (AvgIpc) is 2.82. The number of hydrogen-bond acceptors (Lipinski definition) is 7. The van der Waals surface area contributed by atoms with Crippen molar-refractivity contribution >= 4 is 29.2 Å². The van der Waals surface area contributed by atoms with Crippen LogP contribution < -0.4 is 24.7 Å². The number of halogens is 2. The van der Waals surface area contributed by atoms with Gasteiger partial charge in [-0.3, -0.25) is 0 Å². The molecule has 1 atom stereocenters. The third-order valence-corrected chi connectivity index (χ3v) is 5.83. The second-order valence-corrected chi connectivity index (χ2v) is 8.08. The number of nitrogens with two attached hydrogens (primary N) is 1. The third kappa shape index (κ3) is 4.34. The summed E-state index contributed by atoms with van der Waals surface area (Å²) in [6.45, 7) is 0. The predicted molar refractivity (Wildman–Crippen MR) is 127 cm³/mol. The Morgan fingerprint density at radius 1 is 1.03 bits per heavy atom. The highest BCUT2D eigenvalue weighted by atomic mass is 35.5. The molecule has 1 aliphatic rings.